The van der Waals surface area contributed by atoms with E-state index in [2.05, 4.69) is 22.4 Å². The largest absolute Gasteiger partial charge is 0.310 e. The molecule has 0 spiro atoms. The van der Waals surface area contributed by atoms with Gasteiger partial charge in [-0.2, -0.15) is 9.40 Å². The SMILES string of the molecule is CCCCN(CC)S(=O)(=O)c1n[nH]c(C)c1CNC(C)C. The minimum absolute atomic E-state index is 0.158. The molecule has 0 aromatic carbocycles. The third-order valence-corrected chi connectivity index (χ3v) is 5.37. The van der Waals surface area contributed by atoms with Crippen LogP contribution >= 0.6 is 0 Å². The summed E-state index contributed by atoms with van der Waals surface area (Å²) in [6.45, 7) is 11.3. The summed E-state index contributed by atoms with van der Waals surface area (Å²) in [5.74, 6) is 0. The molecule has 0 aliphatic rings. The van der Waals surface area contributed by atoms with E-state index in [-0.39, 0.29) is 11.1 Å². The van der Waals surface area contributed by atoms with Crippen LogP contribution in [0.5, 0.6) is 0 Å². The van der Waals surface area contributed by atoms with Crippen molar-refractivity contribution in [2.45, 2.75) is 65.1 Å². The lowest BCUT2D eigenvalue weighted by atomic mass is 10.2. The average Bonchev–Trinajstić information content (AvgIpc) is 2.79. The monoisotopic (exact) mass is 316 g/mol. The van der Waals surface area contributed by atoms with Crippen molar-refractivity contribution >= 4 is 10.0 Å². The highest BCUT2D eigenvalue weighted by molar-refractivity contribution is 7.89. The molecule has 0 amide bonds. The normalized spacial score (nSPS) is 12.5. The van der Waals surface area contributed by atoms with Gasteiger partial charge in [0.2, 0.25) is 0 Å². The highest BCUT2D eigenvalue weighted by Crippen LogP contribution is 2.21. The van der Waals surface area contributed by atoms with Crippen LogP contribution in [-0.2, 0) is 16.6 Å². The van der Waals surface area contributed by atoms with E-state index in [9.17, 15) is 8.42 Å². The van der Waals surface area contributed by atoms with Gasteiger partial charge in [0.1, 0.15) is 0 Å². The Bertz CT molecular complexity index is 537. The van der Waals surface area contributed by atoms with Crippen LogP contribution < -0.4 is 5.32 Å². The summed E-state index contributed by atoms with van der Waals surface area (Å²) in [5, 5.41) is 10.3. The molecule has 1 aromatic rings. The Morgan fingerprint density at radius 3 is 2.52 bits per heavy atom. The van der Waals surface area contributed by atoms with Crippen LogP contribution in [0.2, 0.25) is 0 Å². The maximum absolute atomic E-state index is 12.8. The van der Waals surface area contributed by atoms with Crippen LogP contribution in [0.3, 0.4) is 0 Å². The molecule has 0 atom stereocenters. The number of aromatic nitrogens is 2. The lowest BCUT2D eigenvalue weighted by molar-refractivity contribution is 0.415. The van der Waals surface area contributed by atoms with Crippen molar-refractivity contribution < 1.29 is 8.42 Å². The van der Waals surface area contributed by atoms with Gasteiger partial charge in [-0.15, -0.1) is 0 Å². The standard InChI is InChI=1S/C14H28N4O2S/c1-6-8-9-18(7-2)21(19,20)14-13(10-15-11(3)4)12(5)16-17-14/h11,15H,6-10H2,1-5H3,(H,16,17). The fraction of sp³-hybridized carbons (Fsp3) is 0.786. The molecule has 0 fully saturated rings. The number of hydrogen-bond acceptors (Lipinski definition) is 4. The van der Waals surface area contributed by atoms with E-state index in [1.165, 1.54) is 4.31 Å². The Hall–Kier alpha value is -0.920. The molecule has 1 heterocycles. The molecular formula is C14H28N4O2S. The van der Waals surface area contributed by atoms with Crippen molar-refractivity contribution in [2.75, 3.05) is 13.1 Å². The first-order chi connectivity index (χ1) is 9.84. The van der Waals surface area contributed by atoms with Crippen molar-refractivity contribution in [1.82, 2.24) is 19.8 Å². The number of aromatic amines is 1. The Balaban J connectivity index is 3.07. The molecule has 0 radical (unpaired) electrons. The molecule has 0 unspecified atom stereocenters. The topological polar surface area (TPSA) is 78.1 Å². The molecule has 0 bridgehead atoms. The zero-order valence-electron chi connectivity index (χ0n) is 13.7. The van der Waals surface area contributed by atoms with Gasteiger partial charge in [-0.3, -0.25) is 5.10 Å². The van der Waals surface area contributed by atoms with Crippen molar-refractivity contribution in [3.63, 3.8) is 0 Å². The minimum Gasteiger partial charge on any atom is -0.310 e. The summed E-state index contributed by atoms with van der Waals surface area (Å²) in [5.41, 5.74) is 1.53. The van der Waals surface area contributed by atoms with E-state index < -0.39 is 10.0 Å². The Morgan fingerprint density at radius 2 is 2.00 bits per heavy atom. The molecule has 0 aliphatic carbocycles. The van der Waals surface area contributed by atoms with Gasteiger partial charge in [0.05, 0.1) is 0 Å². The highest BCUT2D eigenvalue weighted by Gasteiger charge is 2.29. The number of H-pyrrole nitrogens is 1. The number of hydrogen-bond donors (Lipinski definition) is 2. The fourth-order valence-corrected chi connectivity index (χ4v) is 3.71. The third-order valence-electron chi connectivity index (χ3n) is 3.42. The van der Waals surface area contributed by atoms with Crippen LogP contribution in [-0.4, -0.2) is 42.1 Å². The quantitative estimate of drug-likeness (QED) is 0.730. The minimum atomic E-state index is -3.53. The van der Waals surface area contributed by atoms with E-state index in [1.54, 1.807) is 0 Å². The van der Waals surface area contributed by atoms with E-state index in [1.807, 2.05) is 27.7 Å². The summed E-state index contributed by atoms with van der Waals surface area (Å²) in [4.78, 5) is 0. The summed E-state index contributed by atoms with van der Waals surface area (Å²) in [6.07, 6.45) is 1.82. The van der Waals surface area contributed by atoms with E-state index >= 15 is 0 Å². The Morgan fingerprint density at radius 1 is 1.33 bits per heavy atom. The lowest BCUT2D eigenvalue weighted by Gasteiger charge is -2.20. The number of aryl methyl sites for hydroxylation is 1. The van der Waals surface area contributed by atoms with Crippen LogP contribution in [0, 0.1) is 6.92 Å². The predicted octanol–water partition coefficient (Wildman–Crippen LogP) is 2.03. The van der Waals surface area contributed by atoms with Crippen molar-refractivity contribution in [3.05, 3.63) is 11.3 Å². The molecule has 6 nitrogen and oxygen atoms in total. The molecule has 2 N–H and O–H groups in total. The number of nitrogens with zero attached hydrogens (tertiary/aromatic N) is 2. The fourth-order valence-electron chi connectivity index (χ4n) is 2.06. The van der Waals surface area contributed by atoms with Gasteiger partial charge in [-0.25, -0.2) is 8.42 Å². The Kier molecular flexibility index (Phi) is 6.83. The van der Waals surface area contributed by atoms with E-state index in [4.69, 9.17) is 0 Å². The van der Waals surface area contributed by atoms with Crippen LogP contribution in [0.4, 0.5) is 0 Å². The van der Waals surface area contributed by atoms with Crippen LogP contribution in [0.25, 0.3) is 0 Å². The second-order valence-corrected chi connectivity index (χ2v) is 7.37. The van der Waals surface area contributed by atoms with Gasteiger partial charge < -0.3 is 5.32 Å². The molecule has 0 aliphatic heterocycles. The summed E-state index contributed by atoms with van der Waals surface area (Å²) >= 11 is 0. The van der Waals surface area contributed by atoms with Gasteiger partial charge in [0.15, 0.2) is 5.03 Å². The van der Waals surface area contributed by atoms with E-state index in [0.717, 1.165) is 24.1 Å². The second kappa shape index (κ2) is 7.91. The van der Waals surface area contributed by atoms with Crippen molar-refractivity contribution in [1.29, 1.82) is 0 Å². The number of unbranched alkanes of at least 4 members (excludes halogenated alkanes) is 1. The Labute approximate surface area is 128 Å². The van der Waals surface area contributed by atoms with Crippen LogP contribution in [0.1, 0.15) is 51.8 Å². The molecule has 1 aromatic heterocycles. The first kappa shape index (κ1) is 18.1. The molecule has 122 valence electrons. The molecule has 7 heteroatoms. The number of rotatable bonds is 9. The van der Waals surface area contributed by atoms with Crippen molar-refractivity contribution in [2.24, 2.45) is 0 Å². The van der Waals surface area contributed by atoms with Gasteiger partial charge in [0.25, 0.3) is 10.0 Å². The molecule has 1 rings (SSSR count). The molecule has 0 saturated heterocycles. The number of sulfonamides is 1. The zero-order chi connectivity index (χ0) is 16.0. The summed E-state index contributed by atoms with van der Waals surface area (Å²) in [6, 6.07) is 0.289. The highest BCUT2D eigenvalue weighted by atomic mass is 32.2. The van der Waals surface area contributed by atoms with Crippen molar-refractivity contribution in [3.8, 4) is 0 Å². The van der Waals surface area contributed by atoms with Gasteiger partial charge in [-0.1, -0.05) is 34.1 Å². The second-order valence-electron chi connectivity index (χ2n) is 5.52. The first-order valence-electron chi connectivity index (χ1n) is 7.61. The smallest absolute Gasteiger partial charge is 0.262 e. The number of nitrogens with one attached hydrogen (secondary N) is 2. The van der Waals surface area contributed by atoms with Gasteiger partial charge >= 0.3 is 0 Å². The zero-order valence-corrected chi connectivity index (χ0v) is 14.5. The predicted molar refractivity (Wildman–Crippen MR) is 84.6 cm³/mol. The van der Waals surface area contributed by atoms with Gasteiger partial charge in [0, 0.05) is 36.9 Å². The maximum atomic E-state index is 12.8. The van der Waals surface area contributed by atoms with Crippen LogP contribution in [0.15, 0.2) is 5.03 Å². The molecule has 0 saturated carbocycles. The lowest BCUT2D eigenvalue weighted by Crippen LogP contribution is -2.33. The third kappa shape index (κ3) is 4.52. The van der Waals surface area contributed by atoms with E-state index in [0.29, 0.717) is 19.6 Å². The molecular weight excluding hydrogens is 288 g/mol. The summed E-state index contributed by atoms with van der Waals surface area (Å²) < 4.78 is 27.0. The van der Waals surface area contributed by atoms with Gasteiger partial charge in [-0.05, 0) is 13.3 Å². The molecule has 21 heavy (non-hydrogen) atoms. The first-order valence-corrected chi connectivity index (χ1v) is 9.05. The maximum Gasteiger partial charge on any atom is 0.262 e. The summed E-state index contributed by atoms with van der Waals surface area (Å²) in [7, 11) is -3.53. The average molecular weight is 316 g/mol.